The van der Waals surface area contributed by atoms with Crippen LogP contribution in [0.3, 0.4) is 0 Å². The Balaban J connectivity index is 2.79. The summed E-state index contributed by atoms with van der Waals surface area (Å²) in [5, 5.41) is 10.1. The van der Waals surface area contributed by atoms with Crippen molar-refractivity contribution in [2.24, 2.45) is 0 Å². The zero-order chi connectivity index (χ0) is 15.3. The number of ether oxygens (including phenoxy) is 1. The number of allylic oxidation sites excluding steroid dienone is 1. The lowest BCUT2D eigenvalue weighted by atomic mass is 10.0. The van der Waals surface area contributed by atoms with Crippen LogP contribution in [0.4, 0.5) is 0 Å². The van der Waals surface area contributed by atoms with E-state index >= 15 is 0 Å². The van der Waals surface area contributed by atoms with Gasteiger partial charge in [0.25, 0.3) is 0 Å². The summed E-state index contributed by atoms with van der Waals surface area (Å²) in [6.45, 7) is 12.5. The normalized spacial score (nSPS) is 11.2. The van der Waals surface area contributed by atoms with Gasteiger partial charge in [-0.2, -0.15) is 0 Å². The summed E-state index contributed by atoms with van der Waals surface area (Å²) in [6.07, 6.45) is 2.30. The second-order valence-corrected chi connectivity index (χ2v) is 11.8. The maximum Gasteiger partial charge on any atom is 0.338 e. The Hall–Kier alpha value is -1.55. The highest BCUT2D eigenvalue weighted by atomic mass is 28.3. The first-order chi connectivity index (χ1) is 9.26. The largest absolute Gasteiger partial charge is 0.507 e. The molecule has 0 saturated carbocycles. The third kappa shape index (κ3) is 4.53. The summed E-state index contributed by atoms with van der Waals surface area (Å²) in [7, 11) is -1.21. The average Bonchev–Trinajstić information content (AvgIpc) is 2.33. The number of carbonyl (C=O) groups is 1. The molecule has 1 aromatic rings. The van der Waals surface area contributed by atoms with Crippen molar-refractivity contribution >= 4 is 14.0 Å². The van der Waals surface area contributed by atoms with E-state index in [0.29, 0.717) is 24.2 Å². The third-order valence-corrected chi connectivity index (χ3v) is 4.89. The van der Waals surface area contributed by atoms with E-state index in [1.807, 2.05) is 0 Å². The van der Waals surface area contributed by atoms with Gasteiger partial charge in [0.2, 0.25) is 0 Å². The van der Waals surface area contributed by atoms with Crippen molar-refractivity contribution in [1.82, 2.24) is 0 Å². The van der Waals surface area contributed by atoms with Crippen LogP contribution in [0.2, 0.25) is 25.7 Å². The van der Waals surface area contributed by atoms with Gasteiger partial charge in [-0.3, -0.25) is 0 Å². The lowest BCUT2D eigenvalue weighted by Crippen LogP contribution is -2.22. The van der Waals surface area contributed by atoms with Gasteiger partial charge < -0.3 is 9.84 Å². The van der Waals surface area contributed by atoms with Gasteiger partial charge in [0.1, 0.15) is 5.75 Å². The highest BCUT2D eigenvalue weighted by Crippen LogP contribution is 2.26. The molecule has 0 aliphatic heterocycles. The number of aromatic hydroxyl groups is 1. The van der Waals surface area contributed by atoms with E-state index in [2.05, 4.69) is 26.2 Å². The topological polar surface area (TPSA) is 46.5 Å². The van der Waals surface area contributed by atoms with Crippen LogP contribution in [-0.2, 0) is 11.2 Å². The summed E-state index contributed by atoms with van der Waals surface area (Å²) in [5.74, 6) is -0.203. The molecule has 1 aromatic carbocycles. The number of benzene rings is 1. The fourth-order valence-electron chi connectivity index (χ4n) is 1.83. The number of phenols is 1. The molecule has 0 amide bonds. The van der Waals surface area contributed by atoms with Gasteiger partial charge in [-0.15, -0.1) is 6.58 Å². The van der Waals surface area contributed by atoms with Gasteiger partial charge in [-0.25, -0.2) is 4.79 Å². The number of carbonyl (C=O) groups excluding carboxylic acids is 1. The van der Waals surface area contributed by atoms with Gasteiger partial charge >= 0.3 is 5.97 Å². The van der Waals surface area contributed by atoms with Crippen molar-refractivity contribution < 1.29 is 14.6 Å². The summed E-state index contributed by atoms with van der Waals surface area (Å²) in [5.41, 5.74) is 1.78. The molecule has 3 nitrogen and oxygen atoms in total. The van der Waals surface area contributed by atoms with E-state index in [4.69, 9.17) is 4.74 Å². The van der Waals surface area contributed by atoms with Gasteiger partial charge in [0.15, 0.2) is 0 Å². The predicted octanol–water partition coefficient (Wildman–Crippen LogP) is 3.92. The van der Waals surface area contributed by atoms with Crippen molar-refractivity contribution in [2.75, 3.05) is 6.61 Å². The smallest absolute Gasteiger partial charge is 0.338 e. The highest BCUT2D eigenvalue weighted by Gasteiger charge is 2.17. The summed E-state index contributed by atoms with van der Waals surface area (Å²) >= 11 is 0. The fraction of sp³-hybridized carbons (Fsp3) is 0.438. The van der Waals surface area contributed by atoms with E-state index in [-0.39, 0.29) is 11.7 Å². The maximum absolute atomic E-state index is 12.0. The SMILES string of the molecule is C=CCc1ccc(C(=O)OCC[Si](C)(C)C)c(C)c1O. The number of rotatable bonds is 6. The van der Waals surface area contributed by atoms with Crippen LogP contribution in [0.15, 0.2) is 24.8 Å². The minimum Gasteiger partial charge on any atom is -0.507 e. The molecule has 110 valence electrons. The van der Waals surface area contributed by atoms with Crippen LogP contribution in [0.25, 0.3) is 0 Å². The lowest BCUT2D eigenvalue weighted by molar-refractivity contribution is 0.0524. The minimum absolute atomic E-state index is 0.157. The predicted molar refractivity (Wildman–Crippen MR) is 85.2 cm³/mol. The molecule has 1 N–H and O–H groups in total. The Morgan fingerprint density at radius 2 is 2.05 bits per heavy atom. The van der Waals surface area contributed by atoms with Gasteiger partial charge in [0.05, 0.1) is 12.2 Å². The molecule has 0 spiro atoms. The molecule has 0 aliphatic carbocycles. The van der Waals surface area contributed by atoms with Crippen LogP contribution in [0.1, 0.15) is 21.5 Å². The summed E-state index contributed by atoms with van der Waals surface area (Å²) in [4.78, 5) is 12.0. The molecule has 0 aromatic heterocycles. The van der Waals surface area contributed by atoms with Gasteiger partial charge in [0, 0.05) is 13.6 Å². The van der Waals surface area contributed by atoms with Crippen LogP contribution < -0.4 is 0 Å². The molecule has 0 unspecified atom stereocenters. The average molecular weight is 292 g/mol. The molecule has 1 rings (SSSR count). The van der Waals surface area contributed by atoms with Crippen LogP contribution in [-0.4, -0.2) is 25.8 Å². The van der Waals surface area contributed by atoms with Crippen LogP contribution >= 0.6 is 0 Å². The Bertz CT molecular complexity index is 501. The van der Waals surface area contributed by atoms with E-state index in [9.17, 15) is 9.90 Å². The Labute approximate surface area is 122 Å². The zero-order valence-electron chi connectivity index (χ0n) is 12.8. The van der Waals surface area contributed by atoms with E-state index < -0.39 is 8.07 Å². The molecular formula is C16H24O3Si. The van der Waals surface area contributed by atoms with Gasteiger partial charge in [-0.05, 0) is 31.0 Å². The Morgan fingerprint density at radius 3 is 2.60 bits per heavy atom. The molecule has 0 heterocycles. The highest BCUT2D eigenvalue weighted by molar-refractivity contribution is 6.76. The molecule has 0 atom stereocenters. The maximum atomic E-state index is 12.0. The summed E-state index contributed by atoms with van der Waals surface area (Å²) in [6, 6.07) is 4.40. The first-order valence-corrected chi connectivity index (χ1v) is 10.6. The second kappa shape index (κ2) is 6.75. The number of phenolic OH excluding ortho intramolecular Hbond substituents is 1. The zero-order valence-corrected chi connectivity index (χ0v) is 13.8. The lowest BCUT2D eigenvalue weighted by Gasteiger charge is -2.16. The summed E-state index contributed by atoms with van der Waals surface area (Å²) < 4.78 is 5.30. The number of hydrogen-bond acceptors (Lipinski definition) is 3. The molecule has 4 heteroatoms. The fourth-order valence-corrected chi connectivity index (χ4v) is 2.54. The van der Waals surface area contributed by atoms with Crippen molar-refractivity contribution in [3.63, 3.8) is 0 Å². The second-order valence-electron chi connectivity index (χ2n) is 6.19. The third-order valence-electron chi connectivity index (χ3n) is 3.18. The molecule has 0 bridgehead atoms. The van der Waals surface area contributed by atoms with Crippen molar-refractivity contribution in [2.45, 2.75) is 39.0 Å². The van der Waals surface area contributed by atoms with E-state index in [1.54, 1.807) is 25.1 Å². The molecule has 20 heavy (non-hydrogen) atoms. The molecule has 0 fully saturated rings. The molecule has 0 saturated heterocycles. The van der Waals surface area contributed by atoms with Gasteiger partial charge in [-0.1, -0.05) is 31.8 Å². The quantitative estimate of drug-likeness (QED) is 0.491. The standard InChI is InChI=1S/C16H24O3Si/c1-6-7-13-8-9-14(12(2)15(13)17)16(18)19-10-11-20(3,4)5/h6,8-9,17H,1,7,10-11H2,2-5H3. The first-order valence-electron chi connectivity index (χ1n) is 6.85. The number of esters is 1. The minimum atomic E-state index is -1.21. The molecule has 0 aliphatic rings. The molecular weight excluding hydrogens is 268 g/mol. The first kappa shape index (κ1) is 16.5. The van der Waals surface area contributed by atoms with Crippen molar-refractivity contribution in [3.8, 4) is 5.75 Å². The Kier molecular flexibility index (Phi) is 5.57. The van der Waals surface area contributed by atoms with Crippen LogP contribution in [0, 0.1) is 6.92 Å². The number of hydrogen-bond donors (Lipinski definition) is 1. The Morgan fingerprint density at radius 1 is 1.40 bits per heavy atom. The molecule has 0 radical (unpaired) electrons. The van der Waals surface area contributed by atoms with Crippen LogP contribution in [0.5, 0.6) is 5.75 Å². The van der Waals surface area contributed by atoms with Crippen molar-refractivity contribution in [3.05, 3.63) is 41.5 Å². The van der Waals surface area contributed by atoms with Crippen molar-refractivity contribution in [1.29, 1.82) is 0 Å². The van der Waals surface area contributed by atoms with E-state index in [0.717, 1.165) is 11.6 Å². The van der Waals surface area contributed by atoms with E-state index in [1.165, 1.54) is 0 Å². The monoisotopic (exact) mass is 292 g/mol.